The van der Waals surface area contributed by atoms with Crippen LogP contribution in [-0.2, 0) is 40.0 Å². The fraction of sp³-hybridized carbons (Fsp3) is 0.436. The van der Waals surface area contributed by atoms with Gasteiger partial charge in [0, 0.05) is 38.1 Å². The zero-order valence-corrected chi connectivity index (χ0v) is 41.0. The molecule has 0 fully saturated rings. The van der Waals surface area contributed by atoms with E-state index in [2.05, 4.69) is 87.5 Å². The number of ether oxygens (including phenoxy) is 4. The quantitative estimate of drug-likeness (QED) is 0.0212. The molecule has 0 spiro atoms. The summed E-state index contributed by atoms with van der Waals surface area (Å²) in [5.74, 6) is -17.1. The maximum absolute atomic E-state index is 15.1. The highest BCUT2D eigenvalue weighted by Crippen LogP contribution is 2.46. The van der Waals surface area contributed by atoms with Gasteiger partial charge in [0.05, 0.1) is 19.3 Å². The molecule has 0 aliphatic carbocycles. The summed E-state index contributed by atoms with van der Waals surface area (Å²) in [6.45, 7) is 7.26. The van der Waals surface area contributed by atoms with Crippen LogP contribution < -0.4 is 9.47 Å². The molecule has 6 rings (SSSR count). The average Bonchev–Trinajstić information content (AvgIpc) is 3.96. The second-order valence-corrected chi connectivity index (χ2v) is 19.4. The van der Waals surface area contributed by atoms with Crippen molar-refractivity contribution >= 4 is 48.8 Å². The smallest absolute Gasteiger partial charge is 0.377 e. The predicted octanol–water partition coefficient (Wildman–Crippen LogP) is 16.3. The first-order valence-corrected chi connectivity index (χ1v) is 25.4. The van der Waals surface area contributed by atoms with Crippen LogP contribution in [0.2, 0.25) is 0 Å². The second-order valence-electron chi connectivity index (χ2n) is 17.2. The minimum absolute atomic E-state index is 0.0545. The molecule has 0 bridgehead atoms. The van der Waals surface area contributed by atoms with Gasteiger partial charge in [0.1, 0.15) is 18.1 Å². The first-order chi connectivity index (χ1) is 32.6. The number of fused-ring (bicyclic) bond motifs is 2. The van der Waals surface area contributed by atoms with Gasteiger partial charge in [0.2, 0.25) is 0 Å². The number of halogens is 6. The Morgan fingerprint density at radius 2 is 1.09 bits per heavy atom. The van der Waals surface area contributed by atoms with E-state index in [1.807, 2.05) is 24.3 Å². The fourth-order valence-corrected chi connectivity index (χ4v) is 10.4. The Labute approximate surface area is 404 Å². The number of unbranched alkanes of at least 4 members (excludes halogenated alkanes) is 4. The Balaban J connectivity index is 1.14. The number of benzene rings is 4. The monoisotopic (exact) mass is 980 g/mol. The number of rotatable bonds is 28. The van der Waals surface area contributed by atoms with Gasteiger partial charge in [-0.25, -0.2) is 4.79 Å². The number of hydrogen-bond donors (Lipinski definition) is 0. The molecule has 2 aromatic heterocycles. The topological polar surface area (TPSA) is 54.0 Å². The molecule has 2 heterocycles. The van der Waals surface area contributed by atoms with E-state index in [1.54, 1.807) is 34.8 Å². The molecule has 0 N–H and O–H groups in total. The lowest BCUT2D eigenvalue weighted by Crippen LogP contribution is -2.58. The molecule has 5 nitrogen and oxygen atoms in total. The van der Waals surface area contributed by atoms with E-state index in [-0.39, 0.29) is 26.1 Å². The minimum atomic E-state index is -5.92. The van der Waals surface area contributed by atoms with Gasteiger partial charge in [0.25, 0.3) is 0 Å². The first-order valence-electron chi connectivity index (χ1n) is 23.7. The molecule has 0 saturated carbocycles. The largest absolute Gasteiger partial charge is 0.493 e. The van der Waals surface area contributed by atoms with E-state index in [0.29, 0.717) is 17.6 Å². The van der Waals surface area contributed by atoms with Crippen LogP contribution in [0, 0.1) is 0 Å². The van der Waals surface area contributed by atoms with E-state index in [0.717, 1.165) is 68.5 Å². The standard InChI is InChI=1S/C55H62F6O5S2/c1-6-11-13-15-37-17-23-46(39(8-3)29-37)50-31-41-19-21-44(33-48(41)67-50)63-27-25-43(65-35-53(56,57)55(60,61)54(58,59)36-66-52(62)10-5)26-28-64-45-22-20-42-32-51(68-49(42)34-45)47-24-18-38(16-14-12-7-2)30-40(47)9-4/h10,17-24,29-34,43H,5-9,11-16,25-28,35-36H2,1-4H3. The number of alkyl halides is 6. The summed E-state index contributed by atoms with van der Waals surface area (Å²) in [5, 5.41) is 2.05. The molecule has 0 atom stereocenters. The Bertz CT molecular complexity index is 2460. The van der Waals surface area contributed by atoms with Crippen molar-refractivity contribution < 1.29 is 50.1 Å². The third-order valence-electron chi connectivity index (χ3n) is 12.2. The van der Waals surface area contributed by atoms with Gasteiger partial charge in [-0.2, -0.15) is 26.3 Å². The molecular formula is C55H62F6O5S2. The van der Waals surface area contributed by atoms with Gasteiger partial charge in [-0.05, 0) is 131 Å². The van der Waals surface area contributed by atoms with Gasteiger partial charge in [-0.15, -0.1) is 22.7 Å². The zero-order valence-electron chi connectivity index (χ0n) is 39.4. The molecule has 366 valence electrons. The summed E-state index contributed by atoms with van der Waals surface area (Å²) < 4.78 is 112. The van der Waals surface area contributed by atoms with Crippen molar-refractivity contribution in [3.8, 4) is 32.4 Å². The summed E-state index contributed by atoms with van der Waals surface area (Å²) in [4.78, 5) is 13.5. The van der Waals surface area contributed by atoms with Crippen LogP contribution in [-0.4, -0.2) is 56.3 Å². The Hall–Kier alpha value is -4.85. The highest BCUT2D eigenvalue weighted by Gasteiger charge is 2.72. The minimum Gasteiger partial charge on any atom is -0.493 e. The van der Waals surface area contributed by atoms with Crippen LogP contribution in [0.25, 0.3) is 41.1 Å². The molecule has 0 radical (unpaired) electrons. The first kappa shape index (κ1) is 52.5. The van der Waals surface area contributed by atoms with Gasteiger partial charge < -0.3 is 18.9 Å². The van der Waals surface area contributed by atoms with Crippen LogP contribution in [0.15, 0.2) is 97.6 Å². The van der Waals surface area contributed by atoms with Crippen molar-refractivity contribution in [2.45, 2.75) is 129 Å². The van der Waals surface area contributed by atoms with Crippen molar-refractivity contribution in [3.05, 3.63) is 120 Å². The summed E-state index contributed by atoms with van der Waals surface area (Å²) in [6.07, 6.45) is 10.1. The van der Waals surface area contributed by atoms with Crippen molar-refractivity contribution in [3.63, 3.8) is 0 Å². The molecule has 0 amide bonds. The van der Waals surface area contributed by atoms with Gasteiger partial charge in [-0.1, -0.05) is 96.4 Å². The van der Waals surface area contributed by atoms with Gasteiger partial charge in [-0.3, -0.25) is 0 Å². The second kappa shape index (κ2) is 24.1. The van der Waals surface area contributed by atoms with Crippen molar-refractivity contribution in [1.82, 2.24) is 0 Å². The van der Waals surface area contributed by atoms with Crippen molar-refractivity contribution in [2.24, 2.45) is 0 Å². The highest BCUT2D eigenvalue weighted by atomic mass is 32.1. The van der Waals surface area contributed by atoms with E-state index >= 15 is 8.78 Å². The molecule has 68 heavy (non-hydrogen) atoms. The van der Waals surface area contributed by atoms with E-state index in [4.69, 9.17) is 14.2 Å². The number of carbonyl (C=O) groups excluding carboxylic acids is 1. The summed E-state index contributed by atoms with van der Waals surface area (Å²) in [5.41, 5.74) is 7.59. The number of hydrogen-bond acceptors (Lipinski definition) is 7. The third kappa shape index (κ3) is 13.3. The average molecular weight is 981 g/mol. The normalized spacial score (nSPS) is 12.3. The molecule has 0 aliphatic heterocycles. The maximum atomic E-state index is 15.1. The van der Waals surface area contributed by atoms with Crippen LogP contribution in [0.3, 0.4) is 0 Å². The molecule has 13 heteroatoms. The van der Waals surface area contributed by atoms with Gasteiger partial charge in [0.15, 0.2) is 6.61 Å². The van der Waals surface area contributed by atoms with Crippen molar-refractivity contribution in [1.29, 1.82) is 0 Å². The van der Waals surface area contributed by atoms with Crippen LogP contribution in [0.1, 0.15) is 101 Å². The SMILES string of the molecule is C=CC(=O)OCC(F)(F)C(F)(F)C(F)(F)COC(CCOc1ccc2cc(-c3ccc(CCCCC)cc3CC)sc2c1)CCOc1ccc2cc(-c3ccc(CCCCC)cc3CC)sc2c1. The molecule has 0 aliphatic rings. The molecule has 0 unspecified atom stereocenters. The van der Waals surface area contributed by atoms with Crippen LogP contribution in [0.5, 0.6) is 11.5 Å². The van der Waals surface area contributed by atoms with E-state index in [1.165, 1.54) is 59.1 Å². The number of aryl methyl sites for hydroxylation is 4. The fourth-order valence-electron chi connectivity index (χ4n) is 8.12. The molecule has 4 aromatic carbocycles. The van der Waals surface area contributed by atoms with Crippen LogP contribution >= 0.6 is 22.7 Å². The number of carbonyl (C=O) groups is 1. The third-order valence-corrected chi connectivity index (χ3v) is 14.4. The molecule has 0 saturated heterocycles. The number of thiophene rings is 2. The van der Waals surface area contributed by atoms with Gasteiger partial charge >= 0.3 is 23.7 Å². The molecular weight excluding hydrogens is 919 g/mol. The summed E-state index contributed by atoms with van der Waals surface area (Å²) in [6, 6.07) is 28.9. The van der Waals surface area contributed by atoms with E-state index in [9.17, 15) is 22.4 Å². The molecule has 6 aromatic rings. The van der Waals surface area contributed by atoms with E-state index < -0.39 is 43.1 Å². The Kier molecular flexibility index (Phi) is 18.6. The zero-order chi connectivity index (χ0) is 48.9. The van der Waals surface area contributed by atoms with Crippen molar-refractivity contribution in [2.75, 3.05) is 26.4 Å². The lowest BCUT2D eigenvalue weighted by atomic mass is 9.98. The highest BCUT2D eigenvalue weighted by molar-refractivity contribution is 7.22. The summed E-state index contributed by atoms with van der Waals surface area (Å²) in [7, 11) is 0. The lowest BCUT2D eigenvalue weighted by Gasteiger charge is -2.33. The summed E-state index contributed by atoms with van der Waals surface area (Å²) >= 11 is 3.26. The Morgan fingerprint density at radius 3 is 1.53 bits per heavy atom. The number of esters is 1. The maximum Gasteiger partial charge on any atom is 0.377 e. The lowest BCUT2D eigenvalue weighted by molar-refractivity contribution is -0.328. The Morgan fingerprint density at radius 1 is 0.618 bits per heavy atom. The predicted molar refractivity (Wildman–Crippen MR) is 266 cm³/mol. The van der Waals surface area contributed by atoms with Crippen LogP contribution in [0.4, 0.5) is 26.3 Å².